The van der Waals surface area contributed by atoms with Gasteiger partial charge in [-0.25, -0.2) is 9.97 Å². The largest absolute Gasteiger partial charge is 0.391 e. The van der Waals surface area contributed by atoms with Gasteiger partial charge >= 0.3 is 0 Å². The van der Waals surface area contributed by atoms with E-state index in [-0.39, 0.29) is 17.7 Å². The van der Waals surface area contributed by atoms with Gasteiger partial charge in [-0.1, -0.05) is 24.3 Å². The molecule has 9 heteroatoms. The predicted molar refractivity (Wildman–Crippen MR) is 142 cm³/mol. The molecule has 0 bridgehead atoms. The highest BCUT2D eigenvalue weighted by Crippen LogP contribution is 2.29. The molecule has 0 radical (unpaired) electrons. The summed E-state index contributed by atoms with van der Waals surface area (Å²) in [6.07, 6.45) is 0.785. The highest BCUT2D eigenvalue weighted by Gasteiger charge is 2.26. The van der Waals surface area contributed by atoms with E-state index in [9.17, 15) is 9.90 Å². The summed E-state index contributed by atoms with van der Waals surface area (Å²) in [6, 6.07) is 21.0. The zero-order valence-corrected chi connectivity index (χ0v) is 20.1. The predicted octanol–water partition coefficient (Wildman–Crippen LogP) is 3.30. The van der Waals surface area contributed by atoms with Crippen molar-refractivity contribution in [2.45, 2.75) is 24.9 Å². The van der Waals surface area contributed by atoms with Crippen LogP contribution in [0.25, 0.3) is 22.1 Å². The molecule has 3 aromatic carbocycles. The van der Waals surface area contributed by atoms with Crippen molar-refractivity contribution >= 4 is 33.8 Å². The molecule has 6 N–H and O–H groups in total. The van der Waals surface area contributed by atoms with E-state index in [4.69, 9.17) is 21.1 Å². The molecular formula is C28H27N7O2. The van der Waals surface area contributed by atoms with Gasteiger partial charge in [0.05, 0.1) is 34.1 Å². The number of hydrogen-bond donors (Lipinski definition) is 5. The first-order valence-corrected chi connectivity index (χ1v) is 12.3. The lowest BCUT2D eigenvalue weighted by molar-refractivity contribution is 0.0765. The monoisotopic (exact) mass is 493 g/mol. The van der Waals surface area contributed by atoms with Crippen molar-refractivity contribution in [1.82, 2.24) is 24.8 Å². The van der Waals surface area contributed by atoms with E-state index in [1.165, 1.54) is 0 Å². The summed E-state index contributed by atoms with van der Waals surface area (Å²) in [5, 5.41) is 17.5. The topological polar surface area (TPSA) is 148 Å². The number of hydrogen-bond acceptors (Lipinski definition) is 5. The fourth-order valence-electron chi connectivity index (χ4n) is 4.95. The fourth-order valence-corrected chi connectivity index (χ4v) is 4.95. The Labute approximate surface area is 212 Å². The lowest BCUT2D eigenvalue weighted by Crippen LogP contribution is -2.29. The number of nitrogen functional groups attached to an aromatic ring is 1. The van der Waals surface area contributed by atoms with Crippen LogP contribution in [0, 0.1) is 5.41 Å². The lowest BCUT2D eigenvalue weighted by Gasteiger charge is -2.16. The molecule has 37 heavy (non-hydrogen) atoms. The number of β-amino-alcohol motifs (C(OH)–C–C–N with tert-alkyl or cyclic N) is 1. The summed E-state index contributed by atoms with van der Waals surface area (Å²) >= 11 is 0. The van der Waals surface area contributed by atoms with Crippen molar-refractivity contribution in [3.05, 3.63) is 95.1 Å². The summed E-state index contributed by atoms with van der Waals surface area (Å²) in [6.45, 7) is 0.958. The van der Waals surface area contributed by atoms with Crippen LogP contribution >= 0.6 is 0 Å². The van der Waals surface area contributed by atoms with Gasteiger partial charge in [-0.2, -0.15) is 0 Å². The van der Waals surface area contributed by atoms with Crippen LogP contribution in [-0.2, 0) is 6.42 Å². The number of nitrogens with one attached hydrogen (secondary N) is 3. The van der Waals surface area contributed by atoms with E-state index in [1.807, 2.05) is 60.7 Å². The third-order valence-corrected chi connectivity index (χ3v) is 6.97. The Kier molecular flexibility index (Phi) is 5.69. The number of amidine groups is 1. The number of aliphatic hydroxyl groups is 1. The molecule has 1 saturated heterocycles. The van der Waals surface area contributed by atoms with Gasteiger partial charge in [0.2, 0.25) is 0 Å². The van der Waals surface area contributed by atoms with Crippen molar-refractivity contribution in [2.75, 3.05) is 13.1 Å². The Balaban J connectivity index is 1.34. The zero-order chi connectivity index (χ0) is 25.5. The maximum atomic E-state index is 12.8. The van der Waals surface area contributed by atoms with Crippen LogP contribution in [0.5, 0.6) is 0 Å². The van der Waals surface area contributed by atoms with Gasteiger partial charge in [-0.3, -0.25) is 10.2 Å². The summed E-state index contributed by atoms with van der Waals surface area (Å²) in [5.41, 5.74) is 11.4. The molecule has 5 aromatic rings. The molecule has 1 aliphatic rings. The van der Waals surface area contributed by atoms with E-state index >= 15 is 0 Å². The van der Waals surface area contributed by atoms with Crippen LogP contribution in [0.2, 0.25) is 0 Å². The first-order chi connectivity index (χ1) is 17.9. The third-order valence-electron chi connectivity index (χ3n) is 6.97. The highest BCUT2D eigenvalue weighted by molar-refractivity contribution is 5.98. The summed E-state index contributed by atoms with van der Waals surface area (Å²) in [5.74, 6) is 1.28. The number of rotatable bonds is 6. The van der Waals surface area contributed by atoms with Crippen LogP contribution in [0.3, 0.4) is 0 Å². The molecule has 1 fully saturated rings. The Morgan fingerprint density at radius 1 is 1.00 bits per heavy atom. The molecule has 0 aliphatic carbocycles. The molecule has 6 rings (SSSR count). The quantitative estimate of drug-likeness (QED) is 0.182. The molecule has 2 atom stereocenters. The highest BCUT2D eigenvalue weighted by atomic mass is 16.3. The van der Waals surface area contributed by atoms with Crippen molar-refractivity contribution in [3.63, 3.8) is 0 Å². The second-order valence-corrected chi connectivity index (χ2v) is 9.55. The third kappa shape index (κ3) is 4.45. The number of nitrogens with zero attached hydrogens (tertiary/aromatic N) is 3. The molecule has 1 amide bonds. The molecule has 9 nitrogen and oxygen atoms in total. The number of aliphatic hydroxyl groups excluding tert-OH is 1. The summed E-state index contributed by atoms with van der Waals surface area (Å²) in [4.78, 5) is 31.1. The van der Waals surface area contributed by atoms with E-state index in [1.54, 1.807) is 11.0 Å². The minimum atomic E-state index is -0.442. The van der Waals surface area contributed by atoms with Gasteiger partial charge in [0, 0.05) is 24.2 Å². The van der Waals surface area contributed by atoms with Crippen LogP contribution < -0.4 is 5.73 Å². The van der Waals surface area contributed by atoms with E-state index in [0.29, 0.717) is 37.1 Å². The first-order valence-electron chi connectivity index (χ1n) is 12.3. The Hall–Kier alpha value is -4.50. The normalized spacial score (nSPS) is 16.5. The number of para-hydroxylation sites is 2. The van der Waals surface area contributed by atoms with Crippen LogP contribution in [-0.4, -0.2) is 60.9 Å². The Bertz CT molecular complexity index is 1590. The minimum absolute atomic E-state index is 0.00152. The number of likely N-dealkylation sites (tertiary alicyclic amines) is 1. The number of aromatic nitrogens is 4. The molecule has 2 unspecified atom stereocenters. The molecule has 0 saturated carbocycles. The van der Waals surface area contributed by atoms with Crippen molar-refractivity contribution < 1.29 is 9.90 Å². The van der Waals surface area contributed by atoms with Gasteiger partial charge in [0.1, 0.15) is 17.5 Å². The van der Waals surface area contributed by atoms with E-state index < -0.39 is 6.10 Å². The number of imidazole rings is 2. The maximum Gasteiger partial charge on any atom is 0.253 e. The van der Waals surface area contributed by atoms with Gasteiger partial charge in [0.25, 0.3) is 5.91 Å². The zero-order valence-electron chi connectivity index (χ0n) is 20.1. The smallest absolute Gasteiger partial charge is 0.253 e. The standard InChI is InChI=1S/C28H27N7O2/c29-25(30)18-9-10-23-24(14-18)34-27(33-23)20(26-31-21-3-1-2-4-22(21)32-26)13-16-5-7-17(8-6-16)28(37)35-12-11-19(36)15-35/h1-10,14,19-20,36H,11-13,15H2,(H3,29,30)(H,31,32)(H,33,34). The second kappa shape index (κ2) is 9.18. The number of H-pyrrole nitrogens is 2. The Morgan fingerprint density at radius 2 is 1.68 bits per heavy atom. The summed E-state index contributed by atoms with van der Waals surface area (Å²) < 4.78 is 0. The molecule has 1 aliphatic heterocycles. The fraction of sp³-hybridized carbons (Fsp3) is 0.214. The number of aromatic amines is 2. The van der Waals surface area contributed by atoms with Gasteiger partial charge in [0.15, 0.2) is 0 Å². The average molecular weight is 494 g/mol. The van der Waals surface area contributed by atoms with E-state index in [0.717, 1.165) is 39.3 Å². The van der Waals surface area contributed by atoms with Gasteiger partial charge < -0.3 is 25.7 Å². The SMILES string of the molecule is N=C(N)c1ccc2[nH]c(C(Cc3ccc(C(=O)N4CCC(O)C4)cc3)c3nc4ccccc4[nH]3)nc2c1. The number of carbonyl (C=O) groups excluding carboxylic acids is 1. The number of nitrogens with two attached hydrogens (primary N) is 1. The average Bonchev–Trinajstić information content (AvgIpc) is 3.64. The van der Waals surface area contributed by atoms with Crippen LogP contribution in [0.15, 0.2) is 66.7 Å². The summed E-state index contributed by atoms with van der Waals surface area (Å²) in [7, 11) is 0. The minimum Gasteiger partial charge on any atom is -0.391 e. The van der Waals surface area contributed by atoms with Crippen LogP contribution in [0.1, 0.15) is 45.5 Å². The maximum absolute atomic E-state index is 12.8. The molecule has 2 aromatic heterocycles. The second-order valence-electron chi connectivity index (χ2n) is 9.55. The number of benzene rings is 3. The van der Waals surface area contributed by atoms with Crippen molar-refractivity contribution in [1.29, 1.82) is 5.41 Å². The van der Waals surface area contributed by atoms with Gasteiger partial charge in [-0.05, 0) is 60.9 Å². The number of fused-ring (bicyclic) bond motifs is 2. The van der Waals surface area contributed by atoms with Crippen LogP contribution in [0.4, 0.5) is 0 Å². The number of carbonyl (C=O) groups is 1. The van der Waals surface area contributed by atoms with E-state index in [2.05, 4.69) is 9.97 Å². The Morgan fingerprint density at radius 3 is 2.35 bits per heavy atom. The molecule has 0 spiro atoms. The van der Waals surface area contributed by atoms with Crippen molar-refractivity contribution in [3.8, 4) is 0 Å². The lowest BCUT2D eigenvalue weighted by atomic mass is 9.97. The first kappa shape index (κ1) is 22.9. The number of amides is 1. The van der Waals surface area contributed by atoms with Gasteiger partial charge in [-0.15, -0.1) is 0 Å². The molecule has 186 valence electrons. The molecular weight excluding hydrogens is 466 g/mol. The van der Waals surface area contributed by atoms with Crippen molar-refractivity contribution in [2.24, 2.45) is 5.73 Å². The molecule has 3 heterocycles.